The number of carbonyl (C=O) groups is 3. The van der Waals surface area contributed by atoms with Crippen molar-refractivity contribution in [1.29, 1.82) is 0 Å². The Labute approximate surface area is 148 Å². The van der Waals surface area contributed by atoms with Crippen LogP contribution in [0.2, 0.25) is 0 Å². The minimum Gasteiger partial charge on any atom is -0.427 e. The van der Waals surface area contributed by atoms with Gasteiger partial charge in [0, 0.05) is 0 Å². The molecule has 2 saturated heterocycles. The molecule has 8 nitrogen and oxygen atoms in total. The highest BCUT2D eigenvalue weighted by molar-refractivity contribution is 9.10. The van der Waals surface area contributed by atoms with E-state index in [1.807, 2.05) is 0 Å². The predicted octanol–water partition coefficient (Wildman–Crippen LogP) is 0.584. The van der Waals surface area contributed by atoms with E-state index in [4.69, 9.17) is 9.47 Å². The topological polar surface area (TPSA) is 107 Å². The Morgan fingerprint density at radius 2 is 1.79 bits per heavy atom. The van der Waals surface area contributed by atoms with Gasteiger partial charge in [0.2, 0.25) is 12.7 Å². The largest absolute Gasteiger partial charge is 0.427 e. The summed E-state index contributed by atoms with van der Waals surface area (Å²) >= 11 is 3.04. The maximum absolute atomic E-state index is 12.5. The molecule has 0 radical (unpaired) electrons. The summed E-state index contributed by atoms with van der Waals surface area (Å²) in [5.74, 6) is -1.96. The number of hydrogen-bond donors (Lipinski definition) is 0. The third kappa shape index (κ3) is 2.63. The first-order valence-corrected chi connectivity index (χ1v) is 9.74. The SMILES string of the molecule is CC(C)(C)C(=O)OCOC(=O)[C@@H]1N2C(=O)[C@H](Br)[C@H]2S(=O)(=O)C1(C)C. The van der Waals surface area contributed by atoms with Gasteiger partial charge in [0.15, 0.2) is 15.2 Å². The van der Waals surface area contributed by atoms with Crippen LogP contribution in [0, 0.1) is 5.41 Å². The lowest BCUT2D eigenvalue weighted by Gasteiger charge is -2.40. The van der Waals surface area contributed by atoms with Gasteiger partial charge in [-0.25, -0.2) is 13.2 Å². The van der Waals surface area contributed by atoms with Crippen LogP contribution < -0.4 is 0 Å². The van der Waals surface area contributed by atoms with Crippen LogP contribution in [0.15, 0.2) is 0 Å². The molecular weight excluding hydrogens is 406 g/mol. The van der Waals surface area contributed by atoms with Gasteiger partial charge in [-0.2, -0.15) is 0 Å². The minimum atomic E-state index is -3.76. The van der Waals surface area contributed by atoms with Crippen molar-refractivity contribution >= 4 is 43.6 Å². The Morgan fingerprint density at radius 3 is 2.29 bits per heavy atom. The van der Waals surface area contributed by atoms with Crippen LogP contribution >= 0.6 is 15.9 Å². The average molecular weight is 426 g/mol. The van der Waals surface area contributed by atoms with Crippen LogP contribution in [0.4, 0.5) is 0 Å². The molecule has 0 aliphatic carbocycles. The predicted molar refractivity (Wildman–Crippen MR) is 86.6 cm³/mol. The molecule has 2 heterocycles. The standard InChI is InChI=1S/C14H20BrNO7S/c1-13(2,3)12(19)23-6-22-11(18)8-14(4,5)24(20,21)10-7(15)9(17)16(8)10/h7-8,10H,6H2,1-5H3/t7-,8-,10+/m0/s1. The number of halogens is 1. The lowest BCUT2D eigenvalue weighted by molar-refractivity contribution is -0.179. The summed E-state index contributed by atoms with van der Waals surface area (Å²) in [5, 5.41) is -1.09. The molecule has 2 aliphatic heterocycles. The van der Waals surface area contributed by atoms with E-state index >= 15 is 0 Å². The number of nitrogens with zero attached hydrogens (tertiary/aromatic N) is 1. The second-order valence-electron chi connectivity index (χ2n) is 7.35. The first-order valence-electron chi connectivity index (χ1n) is 7.28. The smallest absolute Gasteiger partial charge is 0.333 e. The van der Waals surface area contributed by atoms with E-state index in [1.54, 1.807) is 20.8 Å². The Bertz CT molecular complexity index is 694. The Balaban J connectivity index is 2.12. The molecule has 10 heteroatoms. The van der Waals surface area contributed by atoms with Gasteiger partial charge in [-0.3, -0.25) is 9.59 Å². The van der Waals surface area contributed by atoms with Crippen LogP contribution in [-0.2, 0) is 33.7 Å². The van der Waals surface area contributed by atoms with Gasteiger partial charge in [0.05, 0.1) is 5.41 Å². The molecule has 3 atom stereocenters. The van der Waals surface area contributed by atoms with Crippen LogP contribution in [0.25, 0.3) is 0 Å². The molecule has 1 amide bonds. The second-order valence-corrected chi connectivity index (χ2v) is 11.0. The number of amides is 1. The molecule has 24 heavy (non-hydrogen) atoms. The number of β-lactam (4-membered cyclic amide) rings is 1. The Morgan fingerprint density at radius 1 is 1.25 bits per heavy atom. The van der Waals surface area contributed by atoms with Gasteiger partial charge >= 0.3 is 11.9 Å². The number of alkyl halides is 1. The van der Waals surface area contributed by atoms with E-state index in [2.05, 4.69) is 15.9 Å². The molecule has 0 aromatic rings. The first-order chi connectivity index (χ1) is 10.7. The molecule has 136 valence electrons. The highest BCUT2D eigenvalue weighted by Gasteiger charge is 2.71. The molecule has 0 saturated carbocycles. The van der Waals surface area contributed by atoms with Gasteiger partial charge in [0.1, 0.15) is 15.6 Å². The van der Waals surface area contributed by atoms with E-state index in [9.17, 15) is 22.8 Å². The zero-order valence-electron chi connectivity index (χ0n) is 14.0. The van der Waals surface area contributed by atoms with Crippen LogP contribution in [0.5, 0.6) is 0 Å². The third-order valence-corrected chi connectivity index (χ3v) is 8.30. The summed E-state index contributed by atoms with van der Waals surface area (Å²) < 4.78 is 33.3. The number of carbonyl (C=O) groups excluding carboxylic acids is 3. The zero-order valence-corrected chi connectivity index (χ0v) is 16.4. The number of rotatable bonds is 3. The van der Waals surface area contributed by atoms with E-state index in [1.165, 1.54) is 13.8 Å². The van der Waals surface area contributed by atoms with Crippen molar-refractivity contribution in [2.75, 3.05) is 6.79 Å². The van der Waals surface area contributed by atoms with Gasteiger partial charge in [-0.05, 0) is 34.6 Å². The molecule has 0 aromatic heterocycles. The van der Waals surface area contributed by atoms with Gasteiger partial charge in [0.25, 0.3) is 0 Å². The van der Waals surface area contributed by atoms with Crippen molar-refractivity contribution in [2.45, 2.75) is 55.6 Å². The fourth-order valence-corrected chi connectivity index (χ4v) is 6.11. The molecule has 2 rings (SSSR count). The second kappa shape index (κ2) is 5.69. The highest BCUT2D eigenvalue weighted by Crippen LogP contribution is 2.48. The number of esters is 2. The minimum absolute atomic E-state index is 0.484. The summed E-state index contributed by atoms with van der Waals surface area (Å²) in [6.45, 7) is 7.04. The van der Waals surface area contributed by atoms with Crippen molar-refractivity contribution in [3.63, 3.8) is 0 Å². The van der Waals surface area contributed by atoms with Crippen molar-refractivity contribution in [3.05, 3.63) is 0 Å². The number of fused-ring (bicyclic) bond motifs is 1. The maximum atomic E-state index is 12.5. The molecule has 0 unspecified atom stereocenters. The van der Waals surface area contributed by atoms with Gasteiger partial charge in [-0.15, -0.1) is 0 Å². The first kappa shape index (κ1) is 19.2. The zero-order chi connectivity index (χ0) is 18.7. The van der Waals surface area contributed by atoms with Crippen LogP contribution in [-0.4, -0.2) is 58.9 Å². The lowest BCUT2D eigenvalue weighted by Crippen LogP contribution is -2.64. The van der Waals surface area contributed by atoms with Crippen LogP contribution in [0.1, 0.15) is 34.6 Å². The summed E-state index contributed by atoms with van der Waals surface area (Å²) in [4.78, 5) is 36.1. The molecule has 0 bridgehead atoms. The Kier molecular flexibility index (Phi) is 4.54. The summed E-state index contributed by atoms with van der Waals surface area (Å²) in [6.07, 6.45) is 0. The van der Waals surface area contributed by atoms with Crippen molar-refractivity contribution in [1.82, 2.24) is 4.90 Å². The maximum Gasteiger partial charge on any atom is 0.333 e. The third-order valence-electron chi connectivity index (χ3n) is 4.23. The molecule has 2 aliphatic rings. The van der Waals surface area contributed by atoms with Crippen molar-refractivity contribution in [2.24, 2.45) is 5.41 Å². The van der Waals surface area contributed by atoms with Gasteiger partial charge in [-0.1, -0.05) is 15.9 Å². The van der Waals surface area contributed by atoms with E-state index < -0.39 is 60.9 Å². The summed E-state index contributed by atoms with van der Waals surface area (Å²) in [5.41, 5.74) is -0.760. The number of hydrogen-bond acceptors (Lipinski definition) is 7. The lowest BCUT2D eigenvalue weighted by atomic mass is 9.97. The molecule has 0 spiro atoms. The summed E-state index contributed by atoms with van der Waals surface area (Å²) in [7, 11) is -3.76. The quantitative estimate of drug-likeness (QED) is 0.281. The number of sulfone groups is 1. The van der Waals surface area contributed by atoms with Gasteiger partial charge < -0.3 is 14.4 Å². The van der Waals surface area contributed by atoms with E-state index in [-0.39, 0.29) is 0 Å². The molecular formula is C14H20BrNO7S. The monoisotopic (exact) mass is 425 g/mol. The van der Waals surface area contributed by atoms with Crippen molar-refractivity contribution < 1.29 is 32.3 Å². The highest BCUT2D eigenvalue weighted by atomic mass is 79.9. The fraction of sp³-hybridized carbons (Fsp3) is 0.786. The normalized spacial score (nSPS) is 30.3. The van der Waals surface area contributed by atoms with Crippen molar-refractivity contribution in [3.8, 4) is 0 Å². The summed E-state index contributed by atoms with van der Waals surface area (Å²) in [6, 6.07) is -1.28. The van der Waals surface area contributed by atoms with Crippen LogP contribution in [0.3, 0.4) is 0 Å². The molecule has 0 aromatic carbocycles. The van der Waals surface area contributed by atoms with E-state index in [0.29, 0.717) is 0 Å². The fourth-order valence-electron chi connectivity index (χ4n) is 2.67. The van der Waals surface area contributed by atoms with E-state index in [0.717, 1.165) is 4.90 Å². The number of ether oxygens (including phenoxy) is 2. The Hall–Kier alpha value is -1.16. The molecule has 2 fully saturated rings. The molecule has 0 N–H and O–H groups in total. The average Bonchev–Trinajstić information content (AvgIpc) is 2.58.